The molecule has 0 N–H and O–H groups in total. The Labute approximate surface area is 108 Å². The molecular formula is C16H19NO. The van der Waals surface area contributed by atoms with Crippen molar-refractivity contribution >= 4 is 5.91 Å². The lowest BCUT2D eigenvalue weighted by Gasteiger charge is -2.24. The molecule has 18 heavy (non-hydrogen) atoms. The highest BCUT2D eigenvalue weighted by atomic mass is 16.2. The average Bonchev–Trinajstić information content (AvgIpc) is 3.18. The molecule has 3 saturated carbocycles. The first-order chi connectivity index (χ1) is 8.69. The molecule has 1 amide bonds. The average molecular weight is 241 g/mol. The summed E-state index contributed by atoms with van der Waals surface area (Å²) < 4.78 is 0. The van der Waals surface area contributed by atoms with E-state index in [9.17, 15) is 4.79 Å². The molecule has 0 saturated heterocycles. The number of nitrogens with zero attached hydrogens (tertiary/aromatic N) is 1. The maximum absolute atomic E-state index is 12.6. The molecule has 3 aliphatic rings. The molecule has 2 nitrogen and oxygen atoms in total. The van der Waals surface area contributed by atoms with Crippen LogP contribution in [0.15, 0.2) is 24.3 Å². The lowest BCUT2D eigenvalue weighted by Crippen LogP contribution is -2.35. The maximum Gasteiger partial charge on any atom is 0.229 e. The molecule has 94 valence electrons. The van der Waals surface area contributed by atoms with Gasteiger partial charge in [-0.15, -0.1) is 0 Å². The van der Waals surface area contributed by atoms with Gasteiger partial charge >= 0.3 is 0 Å². The van der Waals surface area contributed by atoms with E-state index in [4.69, 9.17) is 0 Å². The second-order valence-corrected chi connectivity index (χ2v) is 6.41. The first-order valence-electron chi connectivity index (χ1n) is 7.06. The summed E-state index contributed by atoms with van der Waals surface area (Å²) in [6.07, 6.45) is 4.75. The third-order valence-corrected chi connectivity index (χ3v) is 4.79. The summed E-state index contributed by atoms with van der Waals surface area (Å²) in [7, 11) is 0. The molecule has 3 fully saturated rings. The van der Waals surface area contributed by atoms with Crippen LogP contribution in [0, 0.1) is 18.3 Å². The number of hydrogen-bond donors (Lipinski definition) is 0. The normalized spacial score (nSPS) is 31.7. The Morgan fingerprint density at radius 3 is 2.67 bits per heavy atom. The molecule has 3 aliphatic carbocycles. The molecule has 2 heteroatoms. The number of amides is 1. The zero-order valence-corrected chi connectivity index (χ0v) is 10.9. The summed E-state index contributed by atoms with van der Waals surface area (Å²) in [5.41, 5.74) is 2.70. The van der Waals surface area contributed by atoms with E-state index in [1.807, 2.05) is 0 Å². The monoisotopic (exact) mass is 241 g/mol. The van der Waals surface area contributed by atoms with Crippen molar-refractivity contribution in [3.8, 4) is 0 Å². The van der Waals surface area contributed by atoms with E-state index in [2.05, 4.69) is 36.1 Å². The van der Waals surface area contributed by atoms with Crippen LogP contribution in [-0.2, 0) is 11.3 Å². The van der Waals surface area contributed by atoms with Gasteiger partial charge in [-0.3, -0.25) is 4.79 Å². The van der Waals surface area contributed by atoms with Crippen LogP contribution in [-0.4, -0.2) is 16.8 Å². The van der Waals surface area contributed by atoms with Crippen LogP contribution < -0.4 is 0 Å². The first-order valence-corrected chi connectivity index (χ1v) is 7.06. The largest absolute Gasteiger partial charge is 0.335 e. The van der Waals surface area contributed by atoms with Crippen LogP contribution in [0.3, 0.4) is 0 Å². The summed E-state index contributed by atoms with van der Waals surface area (Å²) in [5, 5.41) is 0. The minimum Gasteiger partial charge on any atom is -0.335 e. The molecule has 0 heterocycles. The molecule has 0 aromatic heterocycles. The standard InChI is InChI=1S/C16H19NO/c1-11-3-2-4-12(7-11)10-17(14-5-6-14)15(18)16-8-13(16)9-16/h2-4,7,13-14H,5-6,8-10H2,1H3. The van der Waals surface area contributed by atoms with E-state index in [1.165, 1.54) is 36.8 Å². The van der Waals surface area contributed by atoms with E-state index in [-0.39, 0.29) is 5.41 Å². The van der Waals surface area contributed by atoms with Crippen LogP contribution in [0.1, 0.15) is 36.8 Å². The van der Waals surface area contributed by atoms with E-state index in [1.54, 1.807) is 0 Å². The Bertz CT molecular complexity index is 512. The predicted molar refractivity (Wildman–Crippen MR) is 69.9 cm³/mol. The molecule has 1 aromatic carbocycles. The van der Waals surface area contributed by atoms with Gasteiger partial charge in [0.25, 0.3) is 0 Å². The second-order valence-electron chi connectivity index (χ2n) is 6.41. The zero-order chi connectivity index (χ0) is 12.3. The molecule has 1 aromatic rings. The van der Waals surface area contributed by atoms with Crippen molar-refractivity contribution in [3.63, 3.8) is 0 Å². The van der Waals surface area contributed by atoms with Gasteiger partial charge in [-0.2, -0.15) is 0 Å². The van der Waals surface area contributed by atoms with Crippen molar-refractivity contribution in [2.75, 3.05) is 0 Å². The highest BCUT2D eigenvalue weighted by Gasteiger charge is 2.75. The van der Waals surface area contributed by atoms with E-state index in [0.29, 0.717) is 11.9 Å². The number of rotatable bonds is 4. The van der Waals surface area contributed by atoms with Gasteiger partial charge in [-0.25, -0.2) is 0 Å². The van der Waals surface area contributed by atoms with Gasteiger partial charge in [0.2, 0.25) is 5.91 Å². The van der Waals surface area contributed by atoms with Crippen molar-refractivity contribution in [1.29, 1.82) is 0 Å². The van der Waals surface area contributed by atoms with Crippen molar-refractivity contribution < 1.29 is 4.79 Å². The van der Waals surface area contributed by atoms with Crippen LogP contribution in [0.25, 0.3) is 0 Å². The van der Waals surface area contributed by atoms with Gasteiger partial charge < -0.3 is 4.90 Å². The Kier molecular flexibility index (Phi) is 1.98. The predicted octanol–water partition coefficient (Wildman–Crippen LogP) is 2.90. The van der Waals surface area contributed by atoms with E-state index >= 15 is 0 Å². The molecule has 4 rings (SSSR count). The molecule has 0 aliphatic heterocycles. The fraction of sp³-hybridized carbons (Fsp3) is 0.562. The molecule has 0 atom stereocenters. The van der Waals surface area contributed by atoms with Crippen LogP contribution in [0.4, 0.5) is 0 Å². The minimum atomic E-state index is 0.131. The Hall–Kier alpha value is -1.31. The number of fused-ring (bicyclic) bond motifs is 1. The van der Waals surface area contributed by atoms with Gasteiger partial charge in [-0.05, 0) is 44.1 Å². The lowest BCUT2D eigenvalue weighted by atomic mass is 10.1. The minimum absolute atomic E-state index is 0.131. The van der Waals surface area contributed by atoms with Crippen molar-refractivity contribution in [1.82, 2.24) is 4.90 Å². The van der Waals surface area contributed by atoms with Crippen LogP contribution >= 0.6 is 0 Å². The Morgan fingerprint density at radius 2 is 2.11 bits per heavy atom. The zero-order valence-electron chi connectivity index (χ0n) is 10.9. The SMILES string of the molecule is Cc1cccc(CN(C(=O)C23CC2C3)C2CC2)c1. The Balaban J connectivity index is 1.54. The van der Waals surface area contributed by atoms with Gasteiger partial charge in [0.05, 0.1) is 5.41 Å². The van der Waals surface area contributed by atoms with Crippen LogP contribution in [0.5, 0.6) is 0 Å². The highest BCUT2D eigenvalue weighted by Crippen LogP contribution is 2.76. The summed E-state index contributed by atoms with van der Waals surface area (Å²) >= 11 is 0. The summed E-state index contributed by atoms with van der Waals surface area (Å²) in [6.45, 7) is 2.93. The summed E-state index contributed by atoms with van der Waals surface area (Å²) in [6, 6.07) is 9.09. The molecule has 0 spiro atoms. The van der Waals surface area contributed by atoms with Gasteiger partial charge in [0.1, 0.15) is 0 Å². The van der Waals surface area contributed by atoms with Gasteiger partial charge in [-0.1, -0.05) is 29.8 Å². The first kappa shape index (κ1) is 10.6. The fourth-order valence-electron chi connectivity index (χ4n) is 3.10. The number of aryl methyl sites for hydroxylation is 1. The maximum atomic E-state index is 12.6. The molecule has 0 unspecified atom stereocenters. The number of benzene rings is 1. The Morgan fingerprint density at radius 1 is 1.39 bits per heavy atom. The van der Waals surface area contributed by atoms with Gasteiger partial charge in [0.15, 0.2) is 0 Å². The lowest BCUT2D eigenvalue weighted by molar-refractivity contribution is -0.136. The van der Waals surface area contributed by atoms with Gasteiger partial charge in [0, 0.05) is 12.6 Å². The smallest absolute Gasteiger partial charge is 0.229 e. The number of carbonyl (C=O) groups excluding carboxylic acids is 1. The van der Waals surface area contributed by atoms with E-state index < -0.39 is 0 Å². The third-order valence-electron chi connectivity index (χ3n) is 4.79. The third kappa shape index (κ3) is 1.58. The molecular weight excluding hydrogens is 222 g/mol. The highest BCUT2D eigenvalue weighted by molar-refractivity contribution is 5.90. The fourth-order valence-corrected chi connectivity index (χ4v) is 3.10. The quantitative estimate of drug-likeness (QED) is 0.793. The summed E-state index contributed by atoms with van der Waals surface area (Å²) in [4.78, 5) is 14.7. The van der Waals surface area contributed by atoms with Crippen molar-refractivity contribution in [2.45, 2.75) is 45.2 Å². The molecule has 0 bridgehead atoms. The number of hydrogen-bond acceptors (Lipinski definition) is 1. The summed E-state index contributed by atoms with van der Waals surface area (Å²) in [5.74, 6) is 1.21. The van der Waals surface area contributed by atoms with E-state index in [0.717, 1.165) is 12.5 Å². The molecule has 0 radical (unpaired) electrons. The van der Waals surface area contributed by atoms with Crippen LogP contribution in [0.2, 0.25) is 0 Å². The van der Waals surface area contributed by atoms with Crippen molar-refractivity contribution in [3.05, 3.63) is 35.4 Å². The topological polar surface area (TPSA) is 20.3 Å². The second kappa shape index (κ2) is 3.37. The number of carbonyl (C=O) groups is 1. The van der Waals surface area contributed by atoms with Crippen molar-refractivity contribution in [2.24, 2.45) is 11.3 Å².